The van der Waals surface area contributed by atoms with E-state index < -0.39 is 0 Å². The van der Waals surface area contributed by atoms with Crippen molar-refractivity contribution in [2.45, 2.75) is 31.3 Å². The van der Waals surface area contributed by atoms with Crippen LogP contribution in [0.4, 0.5) is 11.8 Å². The molecule has 0 bridgehead atoms. The average molecular weight is 403 g/mol. The highest BCUT2D eigenvalue weighted by atomic mass is 79.9. The Kier molecular flexibility index (Phi) is 3.83. The van der Waals surface area contributed by atoms with Crippen LogP contribution in [0.2, 0.25) is 0 Å². The van der Waals surface area contributed by atoms with E-state index in [0.29, 0.717) is 12.2 Å². The Bertz CT molecular complexity index is 878. The van der Waals surface area contributed by atoms with Crippen LogP contribution < -0.4 is 20.9 Å². The van der Waals surface area contributed by atoms with E-state index in [1.165, 1.54) is 6.42 Å². The van der Waals surface area contributed by atoms with E-state index in [-0.39, 0.29) is 11.5 Å². The monoisotopic (exact) mass is 402 g/mol. The summed E-state index contributed by atoms with van der Waals surface area (Å²) in [5.74, 6) is 2.08. The largest absolute Gasteiger partial charge is 0.493 e. The lowest BCUT2D eigenvalue weighted by atomic mass is 9.78. The summed E-state index contributed by atoms with van der Waals surface area (Å²) in [5, 5.41) is 0. The number of hydrogen-bond acceptors (Lipinski definition) is 6. The van der Waals surface area contributed by atoms with E-state index in [9.17, 15) is 0 Å². The topological polar surface area (TPSA) is 96.3 Å². The van der Waals surface area contributed by atoms with E-state index in [4.69, 9.17) is 20.9 Å². The molecule has 0 amide bonds. The summed E-state index contributed by atoms with van der Waals surface area (Å²) in [6, 6.07) is 4.06. The highest BCUT2D eigenvalue weighted by molar-refractivity contribution is 9.15. The lowest BCUT2D eigenvalue weighted by molar-refractivity contribution is 0.0354. The minimum Gasteiger partial charge on any atom is -0.493 e. The fraction of sp³-hybridized carbons (Fsp3) is 0.333. The van der Waals surface area contributed by atoms with Crippen LogP contribution in [0.15, 0.2) is 24.4 Å². The zero-order chi connectivity index (χ0) is 17.6. The van der Waals surface area contributed by atoms with Gasteiger partial charge < -0.3 is 20.9 Å². The molecule has 0 radical (unpaired) electrons. The van der Waals surface area contributed by atoms with E-state index >= 15 is 0 Å². The first kappa shape index (κ1) is 16.2. The summed E-state index contributed by atoms with van der Waals surface area (Å²) in [6.07, 6.45) is 7.67. The fourth-order valence-corrected chi connectivity index (χ4v) is 4.01. The Morgan fingerprint density at radius 2 is 2.12 bits per heavy atom. The Hall–Kier alpha value is -2.28. The summed E-state index contributed by atoms with van der Waals surface area (Å²) in [4.78, 5) is 8.05. The third-order valence-electron chi connectivity index (χ3n) is 4.80. The molecule has 6 nitrogen and oxygen atoms in total. The van der Waals surface area contributed by atoms with Crippen molar-refractivity contribution < 1.29 is 9.47 Å². The molecule has 1 aliphatic carbocycles. The molecule has 0 saturated heterocycles. The van der Waals surface area contributed by atoms with Crippen LogP contribution in [-0.4, -0.2) is 22.7 Å². The number of rotatable bonds is 3. The van der Waals surface area contributed by atoms with E-state index in [1.54, 1.807) is 13.3 Å². The SMILES string of the molecule is COc1cc(Cc2cnc(N)nc2N)cc2c1OC1(C=C2Br)CCC1. The van der Waals surface area contributed by atoms with E-state index in [2.05, 4.69) is 38.0 Å². The first-order valence-corrected chi connectivity index (χ1v) is 8.94. The predicted octanol–water partition coefficient (Wildman–Crippen LogP) is 3.29. The second-order valence-electron chi connectivity index (χ2n) is 6.50. The van der Waals surface area contributed by atoms with Crippen LogP contribution in [0.1, 0.15) is 36.0 Å². The number of anilines is 2. The fourth-order valence-electron chi connectivity index (χ4n) is 3.30. The zero-order valence-electron chi connectivity index (χ0n) is 13.9. The molecule has 1 aromatic heterocycles. The van der Waals surface area contributed by atoms with Gasteiger partial charge in [0.15, 0.2) is 11.5 Å². The number of fused-ring (bicyclic) bond motifs is 1. The van der Waals surface area contributed by atoms with Crippen molar-refractivity contribution in [1.82, 2.24) is 9.97 Å². The van der Waals surface area contributed by atoms with Crippen molar-refractivity contribution >= 4 is 32.2 Å². The molecule has 1 saturated carbocycles. The van der Waals surface area contributed by atoms with Crippen molar-refractivity contribution in [3.63, 3.8) is 0 Å². The summed E-state index contributed by atoms with van der Waals surface area (Å²) in [5.41, 5.74) is 14.2. The van der Waals surface area contributed by atoms with Crippen molar-refractivity contribution in [3.8, 4) is 11.5 Å². The molecular formula is C18H19BrN4O2. The van der Waals surface area contributed by atoms with Crippen molar-refractivity contribution in [1.29, 1.82) is 0 Å². The molecule has 4 N–H and O–H groups in total. The number of nitrogens with zero attached hydrogens (tertiary/aromatic N) is 2. The number of benzene rings is 1. The quantitative estimate of drug-likeness (QED) is 0.817. The molecule has 0 unspecified atom stereocenters. The normalized spacial score (nSPS) is 17.3. The predicted molar refractivity (Wildman–Crippen MR) is 101 cm³/mol. The standard InChI is InChI=1S/C18H19BrN4O2/c1-24-14-7-10(5-11-9-22-17(21)23-16(11)20)6-12-13(19)8-18(3-2-4-18)25-15(12)14/h6-9H,2-5H2,1H3,(H4,20,21,22,23). The van der Waals surface area contributed by atoms with Gasteiger partial charge in [0.25, 0.3) is 0 Å². The number of aromatic nitrogens is 2. The zero-order valence-corrected chi connectivity index (χ0v) is 15.5. The summed E-state index contributed by atoms with van der Waals surface area (Å²) >= 11 is 3.70. The summed E-state index contributed by atoms with van der Waals surface area (Å²) in [6.45, 7) is 0. The van der Waals surface area contributed by atoms with Gasteiger partial charge in [0, 0.05) is 28.2 Å². The first-order valence-electron chi connectivity index (χ1n) is 8.15. The molecular weight excluding hydrogens is 384 g/mol. The van der Waals surface area contributed by atoms with Gasteiger partial charge in [-0.25, -0.2) is 4.98 Å². The lowest BCUT2D eigenvalue weighted by Crippen LogP contribution is -2.42. The van der Waals surface area contributed by atoms with Gasteiger partial charge in [-0.15, -0.1) is 0 Å². The molecule has 1 spiro atoms. The number of nitrogens with two attached hydrogens (primary N) is 2. The van der Waals surface area contributed by atoms with Gasteiger partial charge in [-0.2, -0.15) is 4.98 Å². The molecule has 2 heterocycles. The van der Waals surface area contributed by atoms with Gasteiger partial charge in [0.1, 0.15) is 11.4 Å². The van der Waals surface area contributed by atoms with Gasteiger partial charge in [-0.3, -0.25) is 0 Å². The highest BCUT2D eigenvalue weighted by Crippen LogP contribution is 2.51. The maximum Gasteiger partial charge on any atom is 0.221 e. The minimum atomic E-state index is -0.185. The first-order chi connectivity index (χ1) is 12.0. The Morgan fingerprint density at radius 1 is 1.32 bits per heavy atom. The molecule has 1 fully saturated rings. The van der Waals surface area contributed by atoms with Gasteiger partial charge in [-0.1, -0.05) is 15.9 Å². The summed E-state index contributed by atoms with van der Waals surface area (Å²) < 4.78 is 12.9. The van der Waals surface area contributed by atoms with Crippen LogP contribution >= 0.6 is 15.9 Å². The maximum atomic E-state index is 6.30. The van der Waals surface area contributed by atoms with Crippen LogP contribution in [0.3, 0.4) is 0 Å². The van der Waals surface area contributed by atoms with Crippen LogP contribution in [0.25, 0.3) is 4.48 Å². The molecule has 25 heavy (non-hydrogen) atoms. The maximum absolute atomic E-state index is 6.30. The van der Waals surface area contributed by atoms with Crippen LogP contribution in [0, 0.1) is 0 Å². The lowest BCUT2D eigenvalue weighted by Gasteiger charge is -2.43. The molecule has 130 valence electrons. The smallest absolute Gasteiger partial charge is 0.221 e. The van der Waals surface area contributed by atoms with E-state index in [1.807, 2.05) is 6.07 Å². The van der Waals surface area contributed by atoms with Crippen LogP contribution in [0.5, 0.6) is 11.5 Å². The van der Waals surface area contributed by atoms with Gasteiger partial charge in [0.05, 0.1) is 7.11 Å². The van der Waals surface area contributed by atoms with Gasteiger partial charge in [-0.05, 0) is 43.0 Å². The highest BCUT2D eigenvalue weighted by Gasteiger charge is 2.41. The second kappa shape index (κ2) is 5.91. The molecule has 2 aromatic rings. The van der Waals surface area contributed by atoms with Crippen molar-refractivity contribution in [2.75, 3.05) is 18.6 Å². The molecule has 0 atom stereocenters. The molecule has 1 aliphatic heterocycles. The Balaban J connectivity index is 1.73. The molecule has 4 rings (SSSR count). The Labute approximate surface area is 154 Å². The number of hydrogen-bond donors (Lipinski definition) is 2. The average Bonchev–Trinajstić information content (AvgIpc) is 2.55. The number of methoxy groups -OCH3 is 1. The number of nitrogen functional groups attached to an aromatic ring is 2. The number of halogens is 1. The van der Waals surface area contributed by atoms with Gasteiger partial charge >= 0.3 is 0 Å². The van der Waals surface area contributed by atoms with Crippen molar-refractivity contribution in [2.24, 2.45) is 0 Å². The van der Waals surface area contributed by atoms with Gasteiger partial charge in [0.2, 0.25) is 5.95 Å². The Morgan fingerprint density at radius 3 is 2.76 bits per heavy atom. The third kappa shape index (κ3) is 2.82. The molecule has 1 aromatic carbocycles. The molecule has 2 aliphatic rings. The molecule has 7 heteroatoms. The minimum absolute atomic E-state index is 0.175. The number of ether oxygens (including phenoxy) is 2. The third-order valence-corrected chi connectivity index (χ3v) is 5.45. The summed E-state index contributed by atoms with van der Waals surface area (Å²) in [7, 11) is 1.66. The van der Waals surface area contributed by atoms with Crippen LogP contribution in [-0.2, 0) is 6.42 Å². The van der Waals surface area contributed by atoms with E-state index in [0.717, 1.165) is 45.5 Å². The second-order valence-corrected chi connectivity index (χ2v) is 7.36. The van der Waals surface area contributed by atoms with Crippen molar-refractivity contribution in [3.05, 3.63) is 41.1 Å².